The molecule has 1 radical (unpaired) electrons. The Morgan fingerprint density at radius 2 is 1.74 bits per heavy atom. The topological polar surface area (TPSA) is 70.7 Å². The minimum atomic E-state index is 0.549. The number of halogens is 1. The fourth-order valence-corrected chi connectivity index (χ4v) is 3.16. The second kappa shape index (κ2) is 5.72. The molecule has 0 saturated carbocycles. The van der Waals surface area contributed by atoms with Crippen molar-refractivity contribution in [2.45, 2.75) is 0 Å². The summed E-state index contributed by atoms with van der Waals surface area (Å²) in [5, 5.41) is 5.63. The van der Waals surface area contributed by atoms with Gasteiger partial charge in [0.05, 0.1) is 16.4 Å². The van der Waals surface area contributed by atoms with E-state index in [4.69, 9.17) is 17.3 Å². The van der Waals surface area contributed by atoms with E-state index >= 15 is 0 Å². The highest BCUT2D eigenvalue weighted by atomic mass is 35.5. The Hall–Kier alpha value is -2.31. The predicted molar refractivity (Wildman–Crippen MR) is 95.3 cm³/mol. The van der Waals surface area contributed by atoms with Gasteiger partial charge in [0.25, 0.3) is 0 Å². The van der Waals surface area contributed by atoms with Crippen LogP contribution in [0.2, 0.25) is 5.02 Å². The number of nitrogens with one attached hydrogen (secondary N) is 2. The molecule has 2 aliphatic rings. The predicted octanol–water partition coefficient (Wildman–Crippen LogP) is 2.33. The van der Waals surface area contributed by atoms with Gasteiger partial charge in [0, 0.05) is 37.6 Å². The molecule has 0 atom stereocenters. The van der Waals surface area contributed by atoms with Crippen LogP contribution < -0.4 is 31.9 Å². The van der Waals surface area contributed by atoms with Gasteiger partial charge in [0.15, 0.2) is 0 Å². The van der Waals surface area contributed by atoms with E-state index in [0.717, 1.165) is 37.6 Å². The molecular weight excluding hydrogens is 312 g/mol. The van der Waals surface area contributed by atoms with Crippen LogP contribution in [0.1, 0.15) is 0 Å². The third-order valence-electron chi connectivity index (χ3n) is 4.09. The molecule has 0 aliphatic carbocycles. The van der Waals surface area contributed by atoms with E-state index in [0.29, 0.717) is 16.4 Å². The van der Waals surface area contributed by atoms with Gasteiger partial charge in [-0.15, -0.1) is 5.43 Å². The van der Waals surface area contributed by atoms with Crippen LogP contribution in [0.25, 0.3) is 0 Å². The molecule has 0 unspecified atom stereocenters. The van der Waals surface area contributed by atoms with Gasteiger partial charge in [-0.2, -0.15) is 5.12 Å². The molecule has 2 aromatic carbocycles. The summed E-state index contributed by atoms with van der Waals surface area (Å²) in [6, 6.07) is 11.9. The number of nitrogens with two attached hydrogens (primary N) is 1. The van der Waals surface area contributed by atoms with Crippen LogP contribution in [0.15, 0.2) is 36.4 Å². The van der Waals surface area contributed by atoms with Gasteiger partial charge >= 0.3 is 0 Å². The zero-order valence-corrected chi connectivity index (χ0v) is 13.3. The van der Waals surface area contributed by atoms with Gasteiger partial charge in [-0.25, -0.2) is 0 Å². The summed E-state index contributed by atoms with van der Waals surface area (Å²) in [5.74, 6) is 0. The lowest BCUT2D eigenvalue weighted by molar-refractivity contribution is 0.589. The number of piperazine rings is 1. The first-order valence-electron chi connectivity index (χ1n) is 7.64. The van der Waals surface area contributed by atoms with E-state index in [1.165, 1.54) is 5.69 Å². The molecule has 6 nitrogen and oxygen atoms in total. The Labute approximate surface area is 140 Å². The monoisotopic (exact) mass is 329 g/mol. The molecule has 0 bridgehead atoms. The number of nitrogen functional groups attached to an aromatic ring is 1. The first-order valence-corrected chi connectivity index (χ1v) is 8.02. The van der Waals surface area contributed by atoms with Crippen LogP contribution >= 0.6 is 11.6 Å². The Morgan fingerprint density at radius 3 is 2.48 bits per heavy atom. The van der Waals surface area contributed by atoms with Gasteiger partial charge in [-0.3, -0.25) is 5.43 Å². The van der Waals surface area contributed by atoms with Crippen molar-refractivity contribution in [2.24, 2.45) is 0 Å². The van der Waals surface area contributed by atoms with Crippen molar-refractivity contribution >= 4 is 40.0 Å². The molecule has 1 saturated heterocycles. The summed E-state index contributed by atoms with van der Waals surface area (Å²) in [6.07, 6.45) is 0. The Morgan fingerprint density at radius 1 is 1.04 bits per heavy atom. The molecule has 2 heterocycles. The number of hydrogen-bond donors (Lipinski definition) is 3. The molecule has 0 spiro atoms. The Balaban J connectivity index is 1.52. The van der Waals surface area contributed by atoms with E-state index in [1.807, 2.05) is 6.07 Å². The van der Waals surface area contributed by atoms with E-state index in [1.54, 1.807) is 11.2 Å². The van der Waals surface area contributed by atoms with Gasteiger partial charge in [-0.05, 0) is 36.4 Å². The van der Waals surface area contributed by atoms with E-state index < -0.39 is 0 Å². The first-order chi connectivity index (χ1) is 11.2. The van der Waals surface area contributed by atoms with Crippen LogP contribution in [-0.2, 0) is 0 Å². The Bertz CT molecular complexity index is 711. The number of benzene rings is 2. The zero-order valence-electron chi connectivity index (χ0n) is 12.6. The summed E-state index contributed by atoms with van der Waals surface area (Å²) < 4.78 is 0. The van der Waals surface area contributed by atoms with Crippen molar-refractivity contribution in [1.82, 2.24) is 10.7 Å². The normalized spacial score (nSPS) is 16.7. The average molecular weight is 330 g/mol. The number of nitrogens with zero attached hydrogens (tertiary/aromatic N) is 3. The van der Waals surface area contributed by atoms with Crippen molar-refractivity contribution in [3.63, 3.8) is 0 Å². The molecule has 119 valence electrons. The Kier molecular flexibility index (Phi) is 3.55. The lowest BCUT2D eigenvalue weighted by Gasteiger charge is -2.29. The maximum atomic E-state index is 6.20. The summed E-state index contributed by atoms with van der Waals surface area (Å²) in [5.41, 5.74) is 17.9. The van der Waals surface area contributed by atoms with E-state index in [-0.39, 0.29) is 0 Å². The van der Waals surface area contributed by atoms with Crippen molar-refractivity contribution < 1.29 is 0 Å². The lowest BCUT2D eigenvalue weighted by Crippen LogP contribution is -2.43. The van der Waals surface area contributed by atoms with E-state index in [2.05, 4.69) is 45.3 Å². The van der Waals surface area contributed by atoms with Crippen molar-refractivity contribution in [2.75, 3.05) is 47.4 Å². The summed E-state index contributed by atoms with van der Waals surface area (Å²) in [6.45, 7) is 4.12. The van der Waals surface area contributed by atoms with Crippen LogP contribution in [0.4, 0.5) is 28.4 Å². The molecule has 0 aromatic heterocycles. The molecule has 2 aromatic rings. The minimum Gasteiger partial charge on any atom is -0.399 e. The third kappa shape index (κ3) is 2.71. The largest absolute Gasteiger partial charge is 0.399 e. The molecule has 4 rings (SSSR count). The molecule has 23 heavy (non-hydrogen) atoms. The maximum absolute atomic E-state index is 6.20. The molecule has 7 heteroatoms. The quantitative estimate of drug-likeness (QED) is 0.738. The first kappa shape index (κ1) is 14.3. The van der Waals surface area contributed by atoms with Crippen LogP contribution in [0.5, 0.6) is 0 Å². The molecular formula is C16H18ClN6. The van der Waals surface area contributed by atoms with Crippen LogP contribution in [0.3, 0.4) is 0 Å². The summed E-state index contributed by atoms with van der Waals surface area (Å²) >= 11 is 6.20. The van der Waals surface area contributed by atoms with Crippen molar-refractivity contribution in [1.29, 1.82) is 0 Å². The van der Waals surface area contributed by atoms with Crippen LogP contribution in [-0.4, -0.2) is 26.2 Å². The molecule has 1 fully saturated rings. The molecule has 2 aliphatic heterocycles. The SMILES string of the molecule is Nc1cc(Cl)c2c(c1)NN(c1ccc(N3CCNCC3)cc1)[N]2. The molecule has 0 amide bonds. The van der Waals surface area contributed by atoms with Crippen molar-refractivity contribution in [3.8, 4) is 0 Å². The minimum absolute atomic E-state index is 0.549. The highest BCUT2D eigenvalue weighted by Crippen LogP contribution is 2.39. The lowest BCUT2D eigenvalue weighted by atomic mass is 10.2. The average Bonchev–Trinajstić information content (AvgIpc) is 3.00. The zero-order chi connectivity index (χ0) is 15.8. The number of fused-ring (bicyclic) bond motifs is 1. The van der Waals surface area contributed by atoms with Gasteiger partial charge in [-0.1, -0.05) is 11.6 Å². The fraction of sp³-hybridized carbons (Fsp3) is 0.250. The second-order valence-corrected chi connectivity index (χ2v) is 6.08. The third-order valence-corrected chi connectivity index (χ3v) is 4.38. The van der Waals surface area contributed by atoms with Gasteiger partial charge < -0.3 is 16.0 Å². The van der Waals surface area contributed by atoms with Crippen molar-refractivity contribution in [3.05, 3.63) is 41.4 Å². The van der Waals surface area contributed by atoms with Gasteiger partial charge in [0.2, 0.25) is 0 Å². The van der Waals surface area contributed by atoms with Crippen LogP contribution in [0, 0.1) is 0 Å². The molecule has 4 N–H and O–H groups in total. The van der Waals surface area contributed by atoms with Gasteiger partial charge in [0.1, 0.15) is 5.69 Å². The number of hydrazine groups is 1. The summed E-state index contributed by atoms with van der Waals surface area (Å²) in [4.78, 5) is 2.38. The smallest absolute Gasteiger partial charge is 0.129 e. The number of anilines is 4. The number of rotatable bonds is 2. The number of hydrogen-bond acceptors (Lipinski definition) is 5. The second-order valence-electron chi connectivity index (χ2n) is 5.68. The maximum Gasteiger partial charge on any atom is 0.129 e. The highest BCUT2D eigenvalue weighted by Gasteiger charge is 2.23. The van der Waals surface area contributed by atoms with E-state index in [9.17, 15) is 0 Å². The summed E-state index contributed by atoms with van der Waals surface area (Å²) in [7, 11) is 0. The fourth-order valence-electron chi connectivity index (χ4n) is 2.90. The standard InChI is InChI=1S/C16H18ClN6/c17-14-9-11(18)10-15-16(14)21-23(20-15)13-3-1-12(2-4-13)22-7-5-19-6-8-22/h1-4,9-10,19-20H,5-8,18H2. The highest BCUT2D eigenvalue weighted by molar-refractivity contribution is 6.34.